The summed E-state index contributed by atoms with van der Waals surface area (Å²) in [4.78, 5) is 12.2. The minimum Gasteiger partial charge on any atom is -0.459 e. The molecule has 0 aromatic heterocycles. The quantitative estimate of drug-likeness (QED) is 0.414. The maximum Gasteiger partial charge on any atom is 0.323 e. The Morgan fingerprint density at radius 2 is 1.52 bits per heavy atom. The van der Waals surface area contributed by atoms with E-state index in [1.165, 1.54) is 32.1 Å². The minimum absolute atomic E-state index is 0.0906. The van der Waals surface area contributed by atoms with Crippen LogP contribution in [-0.4, -0.2) is 24.2 Å². The fraction of sp³-hybridized carbons (Fsp3) is 0.944. The third-order valence-electron chi connectivity index (χ3n) is 3.46. The number of hydrogen-bond acceptors (Lipinski definition) is 3. The van der Waals surface area contributed by atoms with Crippen LogP contribution in [0.15, 0.2) is 0 Å². The van der Waals surface area contributed by atoms with Crippen molar-refractivity contribution in [2.24, 2.45) is 0 Å². The Morgan fingerprint density at radius 3 is 2.10 bits per heavy atom. The van der Waals surface area contributed by atoms with Gasteiger partial charge in [-0.15, -0.1) is 0 Å². The van der Waals surface area contributed by atoms with Gasteiger partial charge in [-0.1, -0.05) is 58.8 Å². The summed E-state index contributed by atoms with van der Waals surface area (Å²) in [5.74, 6) is -0.0906. The molecule has 0 aliphatic carbocycles. The van der Waals surface area contributed by atoms with E-state index in [0.29, 0.717) is 0 Å². The second-order valence-electron chi connectivity index (χ2n) is 6.95. The van der Waals surface area contributed by atoms with E-state index in [9.17, 15) is 4.79 Å². The summed E-state index contributed by atoms with van der Waals surface area (Å²) in [6, 6.07) is -0.137. The van der Waals surface area contributed by atoms with Crippen LogP contribution in [0.5, 0.6) is 0 Å². The zero-order valence-electron chi connectivity index (χ0n) is 15.0. The second-order valence-corrected chi connectivity index (χ2v) is 6.95. The maximum atomic E-state index is 12.2. The topological polar surface area (TPSA) is 38.3 Å². The molecule has 21 heavy (non-hydrogen) atoms. The van der Waals surface area contributed by atoms with E-state index < -0.39 is 5.60 Å². The zero-order valence-corrected chi connectivity index (χ0v) is 15.0. The number of rotatable bonds is 12. The lowest BCUT2D eigenvalue weighted by molar-refractivity contribution is -0.157. The Kier molecular flexibility index (Phi) is 11.7. The molecule has 0 bridgehead atoms. The summed E-state index contributed by atoms with van der Waals surface area (Å²) in [5.41, 5.74) is -0.400. The van der Waals surface area contributed by atoms with Crippen LogP contribution in [0.4, 0.5) is 0 Å². The molecule has 0 amide bonds. The first kappa shape index (κ1) is 20.4. The van der Waals surface area contributed by atoms with Crippen LogP contribution < -0.4 is 5.32 Å². The van der Waals surface area contributed by atoms with E-state index in [0.717, 1.165) is 32.2 Å². The number of nitrogens with one attached hydrogen (secondary N) is 1. The predicted octanol–water partition coefficient (Wildman–Crippen LogP) is 4.84. The number of hydrogen-bond donors (Lipinski definition) is 1. The molecular formula is C18H37NO2. The van der Waals surface area contributed by atoms with Gasteiger partial charge in [-0.25, -0.2) is 0 Å². The highest BCUT2D eigenvalue weighted by Crippen LogP contribution is 2.13. The molecule has 0 radical (unpaired) electrons. The van der Waals surface area contributed by atoms with Gasteiger partial charge in [0.15, 0.2) is 0 Å². The molecule has 0 aromatic carbocycles. The zero-order chi connectivity index (χ0) is 16.1. The van der Waals surface area contributed by atoms with E-state index in [2.05, 4.69) is 19.2 Å². The molecule has 126 valence electrons. The molecule has 1 atom stereocenters. The lowest BCUT2D eigenvalue weighted by atomic mass is 10.0. The molecule has 0 spiro atoms. The van der Waals surface area contributed by atoms with Gasteiger partial charge in [0, 0.05) is 0 Å². The molecule has 3 heteroatoms. The van der Waals surface area contributed by atoms with Crippen LogP contribution in [0.1, 0.15) is 92.4 Å². The first-order valence-electron chi connectivity index (χ1n) is 8.87. The largest absolute Gasteiger partial charge is 0.459 e. The number of carbonyl (C=O) groups is 1. The van der Waals surface area contributed by atoms with E-state index in [-0.39, 0.29) is 12.0 Å². The highest BCUT2D eigenvalue weighted by molar-refractivity contribution is 5.76. The highest BCUT2D eigenvalue weighted by atomic mass is 16.6. The van der Waals surface area contributed by atoms with Crippen molar-refractivity contribution in [3.8, 4) is 0 Å². The standard InChI is InChI=1S/C18H37NO2/c1-6-8-10-11-12-13-14-16(19-15-9-7-2)17(20)21-18(3,4)5/h16,19H,6-15H2,1-5H3. The molecule has 1 N–H and O–H groups in total. The summed E-state index contributed by atoms with van der Waals surface area (Å²) >= 11 is 0. The van der Waals surface area contributed by atoms with Crippen molar-refractivity contribution in [2.75, 3.05) is 6.54 Å². The molecule has 0 heterocycles. The highest BCUT2D eigenvalue weighted by Gasteiger charge is 2.24. The molecular weight excluding hydrogens is 262 g/mol. The predicted molar refractivity (Wildman–Crippen MR) is 90.5 cm³/mol. The SMILES string of the molecule is CCCCCCCCC(NCCCC)C(=O)OC(C)(C)C. The van der Waals surface area contributed by atoms with Gasteiger partial charge in [0.25, 0.3) is 0 Å². The Labute approximate surface area is 132 Å². The van der Waals surface area contributed by atoms with Gasteiger partial charge in [-0.2, -0.15) is 0 Å². The fourth-order valence-electron chi connectivity index (χ4n) is 2.26. The molecule has 0 aliphatic heterocycles. The van der Waals surface area contributed by atoms with Crippen LogP contribution in [0, 0.1) is 0 Å². The van der Waals surface area contributed by atoms with Crippen LogP contribution in [0.3, 0.4) is 0 Å². The van der Waals surface area contributed by atoms with Crippen molar-refractivity contribution in [3.63, 3.8) is 0 Å². The Hall–Kier alpha value is -0.570. The van der Waals surface area contributed by atoms with Crippen molar-refractivity contribution in [3.05, 3.63) is 0 Å². The Balaban J connectivity index is 4.10. The van der Waals surface area contributed by atoms with Crippen LogP contribution in [0.25, 0.3) is 0 Å². The average Bonchev–Trinajstić information content (AvgIpc) is 2.38. The van der Waals surface area contributed by atoms with Gasteiger partial charge >= 0.3 is 5.97 Å². The summed E-state index contributed by atoms with van der Waals surface area (Å²) in [6.07, 6.45) is 10.7. The number of ether oxygens (including phenoxy) is 1. The number of carbonyl (C=O) groups excluding carboxylic acids is 1. The fourth-order valence-corrected chi connectivity index (χ4v) is 2.26. The maximum absolute atomic E-state index is 12.2. The molecule has 0 fully saturated rings. The Bertz CT molecular complexity index is 258. The van der Waals surface area contributed by atoms with E-state index in [1.54, 1.807) is 0 Å². The number of unbranched alkanes of at least 4 members (excludes halogenated alkanes) is 6. The third kappa shape index (κ3) is 12.9. The summed E-state index contributed by atoms with van der Waals surface area (Å²) < 4.78 is 5.52. The van der Waals surface area contributed by atoms with Gasteiger partial charge in [0.2, 0.25) is 0 Å². The van der Waals surface area contributed by atoms with Gasteiger partial charge in [0.1, 0.15) is 11.6 Å². The molecule has 0 aromatic rings. The van der Waals surface area contributed by atoms with Crippen molar-refractivity contribution in [2.45, 2.75) is 104 Å². The molecule has 0 aliphatic rings. The summed E-state index contributed by atoms with van der Waals surface area (Å²) in [6.45, 7) is 11.1. The van der Waals surface area contributed by atoms with Crippen molar-refractivity contribution >= 4 is 5.97 Å². The van der Waals surface area contributed by atoms with E-state index in [4.69, 9.17) is 4.74 Å². The first-order valence-corrected chi connectivity index (χ1v) is 8.87. The van der Waals surface area contributed by atoms with Gasteiger partial charge in [-0.3, -0.25) is 4.79 Å². The monoisotopic (exact) mass is 299 g/mol. The van der Waals surface area contributed by atoms with E-state index in [1.807, 2.05) is 20.8 Å². The minimum atomic E-state index is -0.400. The second kappa shape index (κ2) is 12.0. The first-order chi connectivity index (χ1) is 9.90. The van der Waals surface area contributed by atoms with Crippen LogP contribution in [0.2, 0.25) is 0 Å². The van der Waals surface area contributed by atoms with Crippen LogP contribution in [-0.2, 0) is 9.53 Å². The molecule has 3 nitrogen and oxygen atoms in total. The third-order valence-corrected chi connectivity index (χ3v) is 3.46. The van der Waals surface area contributed by atoms with Gasteiger partial charge < -0.3 is 10.1 Å². The average molecular weight is 299 g/mol. The van der Waals surface area contributed by atoms with Crippen molar-refractivity contribution in [1.82, 2.24) is 5.32 Å². The Morgan fingerprint density at radius 1 is 0.952 bits per heavy atom. The van der Waals surface area contributed by atoms with Crippen molar-refractivity contribution in [1.29, 1.82) is 0 Å². The normalized spacial score (nSPS) is 13.2. The molecule has 0 saturated carbocycles. The van der Waals surface area contributed by atoms with Gasteiger partial charge in [-0.05, 0) is 40.2 Å². The summed E-state index contributed by atoms with van der Waals surface area (Å²) in [5, 5.41) is 3.37. The van der Waals surface area contributed by atoms with Gasteiger partial charge in [0.05, 0.1) is 0 Å². The summed E-state index contributed by atoms with van der Waals surface area (Å²) in [7, 11) is 0. The molecule has 0 saturated heterocycles. The molecule has 1 unspecified atom stereocenters. The lowest BCUT2D eigenvalue weighted by Gasteiger charge is -2.24. The van der Waals surface area contributed by atoms with Crippen LogP contribution >= 0.6 is 0 Å². The van der Waals surface area contributed by atoms with Crippen molar-refractivity contribution < 1.29 is 9.53 Å². The molecule has 0 rings (SSSR count). The van der Waals surface area contributed by atoms with E-state index >= 15 is 0 Å². The lowest BCUT2D eigenvalue weighted by Crippen LogP contribution is -2.41. The smallest absolute Gasteiger partial charge is 0.323 e. The number of esters is 1.